The Hall–Kier alpha value is -3.23. The van der Waals surface area contributed by atoms with Gasteiger partial charge in [0.25, 0.3) is 5.69 Å². The lowest BCUT2D eigenvalue weighted by atomic mass is 9.80. The number of ether oxygens (including phenoxy) is 1. The van der Waals surface area contributed by atoms with E-state index in [2.05, 4.69) is 5.32 Å². The molecular formula is C17H17FN2O6. The fourth-order valence-electron chi connectivity index (χ4n) is 2.89. The molecule has 0 radical (unpaired) electrons. The molecule has 0 fully saturated rings. The second-order valence-electron chi connectivity index (χ2n) is 5.50. The number of allylic oxidation sites excluding steroid dienone is 2. The topological polar surface area (TPSA) is 119 Å². The summed E-state index contributed by atoms with van der Waals surface area (Å²) in [6.07, 6.45) is 0. The van der Waals surface area contributed by atoms with Crippen LogP contribution in [0.5, 0.6) is 0 Å². The Morgan fingerprint density at radius 3 is 2.62 bits per heavy atom. The van der Waals surface area contributed by atoms with E-state index in [4.69, 9.17) is 4.74 Å². The van der Waals surface area contributed by atoms with E-state index in [1.807, 2.05) is 0 Å². The summed E-state index contributed by atoms with van der Waals surface area (Å²) in [5.41, 5.74) is -0.472. The highest BCUT2D eigenvalue weighted by atomic mass is 19.1. The number of nitrogens with zero attached hydrogens (tertiary/aromatic N) is 1. The Balaban J connectivity index is 2.72. The molecule has 138 valence electrons. The van der Waals surface area contributed by atoms with Gasteiger partial charge >= 0.3 is 11.9 Å². The summed E-state index contributed by atoms with van der Waals surface area (Å²) < 4.78 is 18.4. The van der Waals surface area contributed by atoms with Gasteiger partial charge in [-0.25, -0.2) is 14.0 Å². The van der Waals surface area contributed by atoms with Gasteiger partial charge in [0, 0.05) is 17.8 Å². The number of carbonyl (C=O) groups is 2. The van der Waals surface area contributed by atoms with Gasteiger partial charge in [0.2, 0.25) is 0 Å². The van der Waals surface area contributed by atoms with Gasteiger partial charge < -0.3 is 15.2 Å². The van der Waals surface area contributed by atoms with E-state index in [9.17, 15) is 29.2 Å². The molecule has 26 heavy (non-hydrogen) atoms. The first-order chi connectivity index (χ1) is 12.3. The van der Waals surface area contributed by atoms with Crippen LogP contribution in [0.15, 0.2) is 46.8 Å². The lowest BCUT2D eigenvalue weighted by Gasteiger charge is -2.29. The fraction of sp³-hybridized carbons (Fsp3) is 0.294. The van der Waals surface area contributed by atoms with Crippen LogP contribution in [0.25, 0.3) is 0 Å². The van der Waals surface area contributed by atoms with Crippen molar-refractivity contribution in [3.63, 3.8) is 0 Å². The Morgan fingerprint density at radius 1 is 1.38 bits per heavy atom. The minimum Gasteiger partial charge on any atom is -0.478 e. The lowest BCUT2D eigenvalue weighted by Crippen LogP contribution is -2.33. The van der Waals surface area contributed by atoms with Gasteiger partial charge in [-0.15, -0.1) is 0 Å². The number of benzene rings is 1. The molecule has 2 rings (SSSR count). The number of nitro benzene ring substituents is 1. The van der Waals surface area contributed by atoms with Crippen molar-refractivity contribution in [3.05, 3.63) is 62.5 Å². The Morgan fingerprint density at radius 2 is 2.08 bits per heavy atom. The average molecular weight is 364 g/mol. The average Bonchev–Trinajstić information content (AvgIpc) is 2.60. The molecule has 0 amide bonds. The van der Waals surface area contributed by atoms with Crippen LogP contribution in [0.4, 0.5) is 10.1 Å². The molecule has 9 heteroatoms. The first-order valence-electron chi connectivity index (χ1n) is 7.73. The first kappa shape index (κ1) is 19.1. The van der Waals surface area contributed by atoms with E-state index < -0.39 is 29.5 Å². The number of nitrogens with one attached hydrogen (secondary N) is 1. The van der Waals surface area contributed by atoms with E-state index in [-0.39, 0.29) is 40.4 Å². The normalized spacial score (nSPS) is 17.0. The number of nitro groups is 1. The highest BCUT2D eigenvalue weighted by molar-refractivity contribution is 5.99. The molecule has 1 aliphatic heterocycles. The number of dihydropyridines is 1. The number of halogens is 1. The van der Waals surface area contributed by atoms with Crippen LogP contribution >= 0.6 is 0 Å². The van der Waals surface area contributed by atoms with Crippen molar-refractivity contribution in [2.75, 3.05) is 13.3 Å². The Labute approximate surface area is 148 Å². The molecule has 1 atom stereocenters. The number of aliphatic carboxylic acids is 1. The van der Waals surface area contributed by atoms with Crippen molar-refractivity contribution in [1.29, 1.82) is 0 Å². The van der Waals surface area contributed by atoms with Crippen molar-refractivity contribution >= 4 is 17.6 Å². The third-order valence-electron chi connectivity index (χ3n) is 3.92. The predicted octanol–water partition coefficient (Wildman–Crippen LogP) is 2.43. The number of hydrogen-bond donors (Lipinski definition) is 2. The molecule has 8 nitrogen and oxygen atoms in total. The standard InChI is InChI=1S/C17H17FN2O6/c1-3-26-17(23)13-9(2)19-12(8-18)15(16(21)22)14(13)10-5-4-6-11(7-10)20(24)25/h4-7,14,19H,3,8H2,1-2H3,(H,21,22). The van der Waals surface area contributed by atoms with Gasteiger partial charge in [0.15, 0.2) is 0 Å². The maximum atomic E-state index is 13.4. The van der Waals surface area contributed by atoms with E-state index in [0.717, 1.165) is 0 Å². The van der Waals surface area contributed by atoms with Crippen LogP contribution < -0.4 is 5.32 Å². The zero-order valence-electron chi connectivity index (χ0n) is 14.1. The van der Waals surface area contributed by atoms with Crippen molar-refractivity contribution in [2.24, 2.45) is 0 Å². The van der Waals surface area contributed by atoms with E-state index >= 15 is 0 Å². The van der Waals surface area contributed by atoms with Crippen LogP contribution in [0.3, 0.4) is 0 Å². The van der Waals surface area contributed by atoms with Crippen LogP contribution in [0.1, 0.15) is 25.3 Å². The number of carbonyl (C=O) groups excluding carboxylic acids is 1. The number of hydrogen-bond acceptors (Lipinski definition) is 6. The zero-order valence-corrected chi connectivity index (χ0v) is 14.1. The maximum Gasteiger partial charge on any atom is 0.336 e. The minimum atomic E-state index is -1.43. The molecular weight excluding hydrogens is 347 g/mol. The Kier molecular flexibility index (Phi) is 5.71. The predicted molar refractivity (Wildman–Crippen MR) is 88.9 cm³/mol. The van der Waals surface area contributed by atoms with Gasteiger partial charge in [-0.3, -0.25) is 10.1 Å². The number of esters is 1. The number of alkyl halides is 1. The summed E-state index contributed by atoms with van der Waals surface area (Å²) in [4.78, 5) is 34.6. The Bertz CT molecular complexity index is 830. The van der Waals surface area contributed by atoms with E-state index in [1.54, 1.807) is 6.92 Å². The molecule has 0 spiro atoms. The fourth-order valence-corrected chi connectivity index (χ4v) is 2.89. The van der Waals surface area contributed by atoms with Gasteiger partial charge in [0.05, 0.1) is 34.3 Å². The monoisotopic (exact) mass is 364 g/mol. The van der Waals surface area contributed by atoms with Crippen LogP contribution in [0.2, 0.25) is 0 Å². The smallest absolute Gasteiger partial charge is 0.336 e. The highest BCUT2D eigenvalue weighted by Gasteiger charge is 2.38. The first-order valence-corrected chi connectivity index (χ1v) is 7.73. The summed E-state index contributed by atoms with van der Waals surface area (Å²) in [6.45, 7) is 2.04. The lowest BCUT2D eigenvalue weighted by molar-refractivity contribution is -0.384. The summed E-state index contributed by atoms with van der Waals surface area (Å²) in [7, 11) is 0. The molecule has 0 saturated carbocycles. The summed E-state index contributed by atoms with van der Waals surface area (Å²) >= 11 is 0. The SMILES string of the molecule is CCOC(=O)C1=C(C)NC(CF)=C(C(=O)O)C1c1cccc([N+](=O)[O-])c1. The molecule has 1 aromatic rings. The number of carboxylic acid groups (broad SMARTS) is 1. The molecule has 0 aromatic heterocycles. The third kappa shape index (κ3) is 3.56. The summed E-state index contributed by atoms with van der Waals surface area (Å²) in [5.74, 6) is -3.40. The molecule has 0 bridgehead atoms. The minimum absolute atomic E-state index is 0.0260. The maximum absolute atomic E-state index is 13.4. The summed E-state index contributed by atoms with van der Waals surface area (Å²) in [6, 6.07) is 5.24. The van der Waals surface area contributed by atoms with E-state index in [0.29, 0.717) is 0 Å². The van der Waals surface area contributed by atoms with Crippen molar-refractivity contribution in [3.8, 4) is 0 Å². The molecule has 0 aliphatic carbocycles. The van der Waals surface area contributed by atoms with Gasteiger partial charge in [-0.2, -0.15) is 0 Å². The van der Waals surface area contributed by atoms with Crippen LogP contribution in [-0.2, 0) is 14.3 Å². The second-order valence-corrected chi connectivity index (χ2v) is 5.50. The molecule has 1 unspecified atom stereocenters. The largest absolute Gasteiger partial charge is 0.478 e. The molecule has 1 aliphatic rings. The van der Waals surface area contributed by atoms with Gasteiger partial charge in [0.1, 0.15) is 6.67 Å². The van der Waals surface area contributed by atoms with Crippen LogP contribution in [0, 0.1) is 10.1 Å². The van der Waals surface area contributed by atoms with Crippen molar-refractivity contribution < 1.29 is 28.7 Å². The van der Waals surface area contributed by atoms with Crippen molar-refractivity contribution in [2.45, 2.75) is 19.8 Å². The van der Waals surface area contributed by atoms with E-state index in [1.165, 1.54) is 31.2 Å². The number of rotatable bonds is 6. The van der Waals surface area contributed by atoms with Crippen molar-refractivity contribution in [1.82, 2.24) is 5.32 Å². The molecule has 0 saturated heterocycles. The highest BCUT2D eigenvalue weighted by Crippen LogP contribution is 2.39. The molecule has 1 aromatic carbocycles. The van der Waals surface area contributed by atoms with Crippen LogP contribution in [-0.4, -0.2) is 35.2 Å². The number of carboxylic acids is 1. The number of non-ortho nitro benzene ring substituents is 1. The quantitative estimate of drug-likeness (QED) is 0.452. The molecule has 1 heterocycles. The second kappa shape index (κ2) is 7.77. The zero-order chi connectivity index (χ0) is 19.4. The third-order valence-corrected chi connectivity index (χ3v) is 3.92. The van der Waals surface area contributed by atoms with Gasteiger partial charge in [-0.1, -0.05) is 12.1 Å². The van der Waals surface area contributed by atoms with Gasteiger partial charge in [-0.05, 0) is 19.4 Å². The molecule has 2 N–H and O–H groups in total. The summed E-state index contributed by atoms with van der Waals surface area (Å²) in [5, 5.41) is 23.2.